The van der Waals surface area contributed by atoms with Crippen LogP contribution in [0.25, 0.3) is 0 Å². The zero-order valence-electron chi connectivity index (χ0n) is 11.5. The molecule has 0 atom stereocenters. The van der Waals surface area contributed by atoms with Gasteiger partial charge in [0.15, 0.2) is 0 Å². The van der Waals surface area contributed by atoms with Gasteiger partial charge in [-0.05, 0) is 58.7 Å². The van der Waals surface area contributed by atoms with Crippen molar-refractivity contribution >= 4 is 21.8 Å². The maximum atomic E-state index is 13.3. The van der Waals surface area contributed by atoms with Gasteiger partial charge in [0.25, 0.3) is 5.91 Å². The quantitative estimate of drug-likeness (QED) is 0.834. The topological polar surface area (TPSA) is 38.3 Å². The van der Waals surface area contributed by atoms with Gasteiger partial charge in [0.1, 0.15) is 18.2 Å². The molecule has 0 saturated carbocycles. The fraction of sp³-hybridized carbons (Fsp3) is 0.188. The Bertz CT molecular complexity index is 646. The standard InChI is InChI=1S/C16H15BrFNO2/c1-11-3-2-4-13(9-11)21-8-7-19-16(20)12-5-6-14(17)15(18)10-12/h2-6,9-10H,7-8H2,1H3,(H,19,20). The Morgan fingerprint density at radius 1 is 1.29 bits per heavy atom. The monoisotopic (exact) mass is 351 g/mol. The van der Waals surface area contributed by atoms with Crippen LogP contribution in [0.2, 0.25) is 0 Å². The number of hydrogen-bond acceptors (Lipinski definition) is 2. The number of nitrogens with one attached hydrogen (secondary N) is 1. The van der Waals surface area contributed by atoms with Gasteiger partial charge >= 0.3 is 0 Å². The summed E-state index contributed by atoms with van der Waals surface area (Å²) >= 11 is 3.05. The van der Waals surface area contributed by atoms with Gasteiger partial charge in [-0.1, -0.05) is 12.1 Å². The average Bonchev–Trinajstić information content (AvgIpc) is 2.46. The highest BCUT2D eigenvalue weighted by atomic mass is 79.9. The van der Waals surface area contributed by atoms with Gasteiger partial charge in [0.2, 0.25) is 0 Å². The van der Waals surface area contributed by atoms with E-state index in [0.717, 1.165) is 11.3 Å². The van der Waals surface area contributed by atoms with Gasteiger partial charge in [-0.3, -0.25) is 4.79 Å². The molecule has 2 rings (SSSR count). The number of carbonyl (C=O) groups is 1. The Kier molecular flexibility index (Phi) is 5.33. The molecule has 21 heavy (non-hydrogen) atoms. The van der Waals surface area contributed by atoms with E-state index in [1.807, 2.05) is 31.2 Å². The van der Waals surface area contributed by atoms with Crippen LogP contribution in [-0.2, 0) is 0 Å². The summed E-state index contributed by atoms with van der Waals surface area (Å²) in [4.78, 5) is 11.8. The number of benzene rings is 2. The van der Waals surface area contributed by atoms with Crippen molar-refractivity contribution in [3.05, 3.63) is 63.9 Å². The highest BCUT2D eigenvalue weighted by molar-refractivity contribution is 9.10. The van der Waals surface area contributed by atoms with E-state index in [4.69, 9.17) is 4.74 Å². The van der Waals surface area contributed by atoms with Crippen molar-refractivity contribution in [1.82, 2.24) is 5.32 Å². The summed E-state index contributed by atoms with van der Waals surface area (Å²) in [5.41, 5.74) is 1.40. The lowest BCUT2D eigenvalue weighted by molar-refractivity contribution is 0.0946. The van der Waals surface area contributed by atoms with E-state index in [2.05, 4.69) is 21.2 Å². The first-order chi connectivity index (χ1) is 10.1. The minimum absolute atomic E-state index is 0.284. The molecule has 0 aliphatic heterocycles. The molecule has 110 valence electrons. The van der Waals surface area contributed by atoms with E-state index in [0.29, 0.717) is 17.6 Å². The highest BCUT2D eigenvalue weighted by Crippen LogP contribution is 2.16. The first-order valence-corrected chi connectivity index (χ1v) is 7.28. The van der Waals surface area contributed by atoms with E-state index in [9.17, 15) is 9.18 Å². The largest absolute Gasteiger partial charge is 0.492 e. The van der Waals surface area contributed by atoms with Gasteiger partial charge in [-0.2, -0.15) is 0 Å². The molecule has 1 amide bonds. The summed E-state index contributed by atoms with van der Waals surface area (Å²) in [5, 5.41) is 2.68. The zero-order chi connectivity index (χ0) is 15.2. The molecular weight excluding hydrogens is 337 g/mol. The van der Waals surface area contributed by atoms with Crippen LogP contribution in [0.3, 0.4) is 0 Å². The molecule has 0 aliphatic carbocycles. The van der Waals surface area contributed by atoms with Crippen LogP contribution in [0.15, 0.2) is 46.9 Å². The molecule has 2 aromatic carbocycles. The van der Waals surface area contributed by atoms with Crippen LogP contribution in [0, 0.1) is 12.7 Å². The maximum absolute atomic E-state index is 13.3. The van der Waals surface area contributed by atoms with Gasteiger partial charge < -0.3 is 10.1 Å². The molecule has 0 spiro atoms. The molecular formula is C16H15BrFNO2. The van der Waals surface area contributed by atoms with Gasteiger partial charge in [0, 0.05) is 5.56 Å². The van der Waals surface area contributed by atoms with Crippen LogP contribution < -0.4 is 10.1 Å². The fourth-order valence-electron chi connectivity index (χ4n) is 1.78. The van der Waals surface area contributed by atoms with E-state index >= 15 is 0 Å². The summed E-state index contributed by atoms with van der Waals surface area (Å²) in [6, 6.07) is 11.9. The molecule has 1 N–H and O–H groups in total. The van der Waals surface area contributed by atoms with Crippen LogP contribution in [0.1, 0.15) is 15.9 Å². The normalized spacial score (nSPS) is 10.2. The molecule has 0 saturated heterocycles. The molecule has 0 radical (unpaired) electrons. The first kappa shape index (κ1) is 15.5. The molecule has 0 unspecified atom stereocenters. The minimum Gasteiger partial charge on any atom is -0.492 e. The molecule has 0 heterocycles. The van der Waals surface area contributed by atoms with E-state index < -0.39 is 5.82 Å². The Morgan fingerprint density at radius 3 is 2.81 bits per heavy atom. The average molecular weight is 352 g/mol. The van der Waals surface area contributed by atoms with Crippen LogP contribution in [-0.4, -0.2) is 19.1 Å². The van der Waals surface area contributed by atoms with Crippen LogP contribution in [0.5, 0.6) is 5.75 Å². The summed E-state index contributed by atoms with van der Waals surface area (Å²) in [6.45, 7) is 2.69. The third-order valence-electron chi connectivity index (χ3n) is 2.83. The number of hydrogen-bond donors (Lipinski definition) is 1. The summed E-state index contributed by atoms with van der Waals surface area (Å²) in [5.74, 6) is -0.0214. The Labute approximate surface area is 131 Å². The second-order valence-corrected chi connectivity index (χ2v) is 5.40. The van der Waals surface area contributed by atoms with Gasteiger partial charge in [0.05, 0.1) is 11.0 Å². The molecule has 2 aromatic rings. The number of carbonyl (C=O) groups excluding carboxylic acids is 1. The van der Waals surface area contributed by atoms with Crippen molar-refractivity contribution in [2.24, 2.45) is 0 Å². The Balaban J connectivity index is 1.80. The molecule has 0 fully saturated rings. The molecule has 3 nitrogen and oxygen atoms in total. The van der Waals surface area contributed by atoms with E-state index in [1.54, 1.807) is 6.07 Å². The predicted molar refractivity (Wildman–Crippen MR) is 83.1 cm³/mol. The van der Waals surface area contributed by atoms with Crippen LogP contribution >= 0.6 is 15.9 Å². The van der Waals surface area contributed by atoms with Crippen molar-refractivity contribution in [3.8, 4) is 5.75 Å². The smallest absolute Gasteiger partial charge is 0.251 e. The third kappa shape index (κ3) is 4.56. The molecule has 0 aliphatic rings. The number of halogens is 2. The summed E-state index contributed by atoms with van der Waals surface area (Å²) in [6.07, 6.45) is 0. The van der Waals surface area contributed by atoms with Crippen molar-refractivity contribution in [1.29, 1.82) is 0 Å². The second-order valence-electron chi connectivity index (χ2n) is 4.55. The molecule has 5 heteroatoms. The number of ether oxygens (including phenoxy) is 1. The Hall–Kier alpha value is -1.88. The molecule has 0 bridgehead atoms. The van der Waals surface area contributed by atoms with Gasteiger partial charge in [-0.25, -0.2) is 4.39 Å². The summed E-state index contributed by atoms with van der Waals surface area (Å²) < 4.78 is 19.2. The lowest BCUT2D eigenvalue weighted by atomic mass is 10.2. The maximum Gasteiger partial charge on any atom is 0.251 e. The third-order valence-corrected chi connectivity index (χ3v) is 3.47. The Morgan fingerprint density at radius 2 is 2.10 bits per heavy atom. The zero-order valence-corrected chi connectivity index (χ0v) is 13.1. The number of amides is 1. The van der Waals surface area contributed by atoms with E-state index in [-0.39, 0.29) is 11.5 Å². The summed E-state index contributed by atoms with van der Waals surface area (Å²) in [7, 11) is 0. The van der Waals surface area contributed by atoms with Crippen molar-refractivity contribution < 1.29 is 13.9 Å². The molecule has 0 aromatic heterocycles. The number of aryl methyl sites for hydroxylation is 1. The minimum atomic E-state index is -0.460. The lowest BCUT2D eigenvalue weighted by Gasteiger charge is -2.08. The van der Waals surface area contributed by atoms with Crippen molar-refractivity contribution in [3.63, 3.8) is 0 Å². The first-order valence-electron chi connectivity index (χ1n) is 6.49. The second kappa shape index (κ2) is 7.22. The van der Waals surface area contributed by atoms with Crippen molar-refractivity contribution in [2.75, 3.05) is 13.2 Å². The number of rotatable bonds is 5. The van der Waals surface area contributed by atoms with Gasteiger partial charge in [-0.15, -0.1) is 0 Å². The predicted octanol–water partition coefficient (Wildman–Crippen LogP) is 3.71. The lowest BCUT2D eigenvalue weighted by Crippen LogP contribution is -2.28. The van der Waals surface area contributed by atoms with Crippen molar-refractivity contribution in [2.45, 2.75) is 6.92 Å². The SMILES string of the molecule is Cc1cccc(OCCNC(=O)c2ccc(Br)c(F)c2)c1. The van der Waals surface area contributed by atoms with Crippen LogP contribution in [0.4, 0.5) is 4.39 Å². The highest BCUT2D eigenvalue weighted by Gasteiger charge is 2.08. The van der Waals surface area contributed by atoms with E-state index in [1.165, 1.54) is 12.1 Å². The fourth-order valence-corrected chi connectivity index (χ4v) is 2.02.